The summed E-state index contributed by atoms with van der Waals surface area (Å²) in [4.78, 5) is 18.9. The van der Waals surface area contributed by atoms with Gasteiger partial charge in [0.1, 0.15) is 5.82 Å². The molecule has 4 nitrogen and oxygen atoms in total. The van der Waals surface area contributed by atoms with Crippen LogP contribution in [0.15, 0.2) is 23.0 Å². The molecule has 0 aliphatic rings. The van der Waals surface area contributed by atoms with Crippen LogP contribution in [-0.2, 0) is 6.42 Å². The van der Waals surface area contributed by atoms with Crippen LogP contribution in [-0.4, -0.2) is 21.7 Å². The summed E-state index contributed by atoms with van der Waals surface area (Å²) in [6.07, 6.45) is 0.276. The zero-order valence-electron chi connectivity index (χ0n) is 10.2. The van der Waals surface area contributed by atoms with Gasteiger partial charge in [0, 0.05) is 29.8 Å². The number of hydrogen-bond donors (Lipinski definition) is 2. The smallest absolute Gasteiger partial charge is 0.254 e. The van der Waals surface area contributed by atoms with Crippen LogP contribution in [0, 0.1) is 6.92 Å². The van der Waals surface area contributed by atoms with E-state index in [1.165, 1.54) is 0 Å². The Labute approximate surface area is 120 Å². The molecule has 0 radical (unpaired) electrons. The number of aliphatic hydroxyl groups is 1. The second-order valence-electron chi connectivity index (χ2n) is 4.05. The van der Waals surface area contributed by atoms with Gasteiger partial charge in [-0.3, -0.25) is 4.79 Å². The van der Waals surface area contributed by atoms with E-state index in [9.17, 15) is 4.79 Å². The monoisotopic (exact) mass is 298 g/mol. The molecule has 0 unspecified atom stereocenters. The number of rotatable bonds is 3. The molecule has 2 N–H and O–H groups in total. The Kier molecular flexibility index (Phi) is 4.24. The van der Waals surface area contributed by atoms with Crippen LogP contribution in [0.5, 0.6) is 0 Å². The quantitative estimate of drug-likeness (QED) is 0.915. The number of aromatic amines is 1. The molecule has 0 spiro atoms. The van der Waals surface area contributed by atoms with Crippen LogP contribution in [0.1, 0.15) is 11.3 Å². The number of nitrogens with one attached hydrogen (secondary N) is 1. The van der Waals surface area contributed by atoms with Gasteiger partial charge in [-0.1, -0.05) is 29.3 Å². The maximum atomic E-state index is 11.9. The van der Waals surface area contributed by atoms with Gasteiger partial charge < -0.3 is 10.1 Å². The summed E-state index contributed by atoms with van der Waals surface area (Å²) >= 11 is 12.0. The number of benzene rings is 1. The number of aliphatic hydroxyl groups excluding tert-OH is 1. The molecule has 1 aromatic heterocycles. The Morgan fingerprint density at radius 1 is 1.37 bits per heavy atom. The molecule has 0 bridgehead atoms. The number of aryl methyl sites for hydroxylation is 1. The summed E-state index contributed by atoms with van der Waals surface area (Å²) in [5.74, 6) is 0.372. The molecule has 0 amide bonds. The van der Waals surface area contributed by atoms with Crippen molar-refractivity contribution in [1.29, 1.82) is 0 Å². The van der Waals surface area contributed by atoms with Gasteiger partial charge in [-0.05, 0) is 19.1 Å². The van der Waals surface area contributed by atoms with Gasteiger partial charge in [0.05, 0.1) is 10.0 Å². The van der Waals surface area contributed by atoms with Gasteiger partial charge in [-0.25, -0.2) is 4.98 Å². The fourth-order valence-corrected chi connectivity index (χ4v) is 2.22. The lowest BCUT2D eigenvalue weighted by atomic mass is 10.1. The summed E-state index contributed by atoms with van der Waals surface area (Å²) in [5.41, 5.74) is 1.35. The van der Waals surface area contributed by atoms with Crippen LogP contribution >= 0.6 is 23.2 Å². The molecule has 1 aromatic carbocycles. The lowest BCUT2D eigenvalue weighted by Gasteiger charge is -2.08. The Bertz CT molecular complexity index is 668. The van der Waals surface area contributed by atoms with E-state index in [1.54, 1.807) is 25.1 Å². The van der Waals surface area contributed by atoms with E-state index in [1.807, 2.05) is 0 Å². The highest BCUT2D eigenvalue weighted by molar-refractivity contribution is 6.43. The van der Waals surface area contributed by atoms with Crippen LogP contribution in [0.25, 0.3) is 11.4 Å². The molecular formula is C13H12Cl2N2O2. The first-order valence-corrected chi connectivity index (χ1v) is 6.45. The predicted molar refractivity (Wildman–Crippen MR) is 75.8 cm³/mol. The lowest BCUT2D eigenvalue weighted by molar-refractivity contribution is 0.298. The first-order chi connectivity index (χ1) is 9.04. The molecule has 100 valence electrons. The Morgan fingerprint density at radius 3 is 2.74 bits per heavy atom. The minimum atomic E-state index is -0.271. The number of nitrogens with zero attached hydrogens (tertiary/aromatic N) is 1. The Hall–Kier alpha value is -1.36. The molecule has 2 rings (SSSR count). The van der Waals surface area contributed by atoms with Gasteiger partial charge in [0.2, 0.25) is 0 Å². The van der Waals surface area contributed by atoms with Crippen molar-refractivity contribution in [3.8, 4) is 11.4 Å². The molecule has 0 saturated carbocycles. The molecule has 0 saturated heterocycles. The van der Waals surface area contributed by atoms with Crippen LogP contribution in [0.3, 0.4) is 0 Å². The fourth-order valence-electron chi connectivity index (χ4n) is 1.83. The van der Waals surface area contributed by atoms with Crippen molar-refractivity contribution in [1.82, 2.24) is 9.97 Å². The third kappa shape index (κ3) is 2.81. The minimum Gasteiger partial charge on any atom is -0.396 e. The number of halogens is 2. The van der Waals surface area contributed by atoms with Crippen molar-refractivity contribution in [3.63, 3.8) is 0 Å². The summed E-state index contributed by atoms with van der Waals surface area (Å²) in [6, 6.07) is 5.14. The number of H-pyrrole nitrogens is 1. The van der Waals surface area contributed by atoms with Crippen LogP contribution < -0.4 is 5.56 Å². The second kappa shape index (κ2) is 5.74. The largest absolute Gasteiger partial charge is 0.396 e. The number of aromatic nitrogens is 2. The van der Waals surface area contributed by atoms with Crippen molar-refractivity contribution in [2.75, 3.05) is 6.61 Å². The third-order valence-electron chi connectivity index (χ3n) is 2.79. The highest BCUT2D eigenvalue weighted by atomic mass is 35.5. The van der Waals surface area contributed by atoms with E-state index in [-0.39, 0.29) is 18.6 Å². The van der Waals surface area contributed by atoms with E-state index < -0.39 is 0 Å². The summed E-state index contributed by atoms with van der Waals surface area (Å²) < 4.78 is 0. The van der Waals surface area contributed by atoms with Crippen molar-refractivity contribution >= 4 is 23.2 Å². The van der Waals surface area contributed by atoms with Gasteiger partial charge >= 0.3 is 0 Å². The fraction of sp³-hybridized carbons (Fsp3) is 0.231. The third-order valence-corrected chi connectivity index (χ3v) is 3.61. The molecule has 1 heterocycles. The zero-order valence-corrected chi connectivity index (χ0v) is 11.7. The van der Waals surface area contributed by atoms with Crippen LogP contribution in [0.4, 0.5) is 0 Å². The summed E-state index contributed by atoms with van der Waals surface area (Å²) in [6.45, 7) is 1.63. The Morgan fingerprint density at radius 2 is 2.11 bits per heavy atom. The number of hydrogen-bond acceptors (Lipinski definition) is 3. The maximum Gasteiger partial charge on any atom is 0.254 e. The van der Waals surface area contributed by atoms with E-state index in [0.29, 0.717) is 32.7 Å². The first-order valence-electron chi connectivity index (χ1n) is 5.69. The van der Waals surface area contributed by atoms with Gasteiger partial charge in [-0.15, -0.1) is 0 Å². The summed E-state index contributed by atoms with van der Waals surface area (Å²) in [7, 11) is 0. The molecule has 6 heteroatoms. The highest BCUT2D eigenvalue weighted by Crippen LogP contribution is 2.31. The normalized spacial score (nSPS) is 10.7. The van der Waals surface area contributed by atoms with Crippen molar-refractivity contribution < 1.29 is 5.11 Å². The second-order valence-corrected chi connectivity index (χ2v) is 4.84. The van der Waals surface area contributed by atoms with Crippen LogP contribution in [0.2, 0.25) is 10.0 Å². The standard InChI is InChI=1S/C13H12Cl2N2O2/c1-7-8(5-6-18)13(19)17-12(16-7)9-3-2-4-10(14)11(9)15/h2-4,18H,5-6H2,1H3,(H,16,17,19). The van der Waals surface area contributed by atoms with Gasteiger partial charge in [0.25, 0.3) is 5.56 Å². The lowest BCUT2D eigenvalue weighted by Crippen LogP contribution is -2.18. The van der Waals surface area contributed by atoms with E-state index >= 15 is 0 Å². The molecule has 0 fully saturated rings. The molecule has 2 aromatic rings. The molecule has 0 aliphatic heterocycles. The minimum absolute atomic E-state index is 0.0944. The van der Waals surface area contributed by atoms with E-state index in [2.05, 4.69) is 9.97 Å². The molecular weight excluding hydrogens is 287 g/mol. The molecule has 0 atom stereocenters. The van der Waals surface area contributed by atoms with E-state index in [4.69, 9.17) is 28.3 Å². The maximum absolute atomic E-state index is 11.9. The van der Waals surface area contributed by atoms with Crippen molar-refractivity contribution in [2.24, 2.45) is 0 Å². The SMILES string of the molecule is Cc1nc(-c2cccc(Cl)c2Cl)[nH]c(=O)c1CCO. The predicted octanol–water partition coefficient (Wildman–Crippen LogP) is 2.59. The molecule has 19 heavy (non-hydrogen) atoms. The topological polar surface area (TPSA) is 66.0 Å². The average Bonchev–Trinajstić information content (AvgIpc) is 2.37. The van der Waals surface area contributed by atoms with E-state index in [0.717, 1.165) is 0 Å². The highest BCUT2D eigenvalue weighted by Gasteiger charge is 2.12. The molecule has 0 aliphatic carbocycles. The van der Waals surface area contributed by atoms with Gasteiger partial charge in [-0.2, -0.15) is 0 Å². The van der Waals surface area contributed by atoms with Crippen molar-refractivity contribution in [2.45, 2.75) is 13.3 Å². The average molecular weight is 299 g/mol. The summed E-state index contributed by atoms with van der Waals surface area (Å²) in [5, 5.41) is 9.67. The zero-order chi connectivity index (χ0) is 14.0. The van der Waals surface area contributed by atoms with Crippen molar-refractivity contribution in [3.05, 3.63) is 49.9 Å². The van der Waals surface area contributed by atoms with Gasteiger partial charge in [0.15, 0.2) is 0 Å². The Balaban J connectivity index is 2.59. The first kappa shape index (κ1) is 14.1.